The van der Waals surface area contributed by atoms with Crippen molar-refractivity contribution in [1.29, 1.82) is 0 Å². The SMILES string of the molecule is CCCCCCCCCCCCCCC[C@@H](O)C[C@@H](O)CO. The van der Waals surface area contributed by atoms with E-state index < -0.39 is 12.2 Å². The molecular formula is C19H40O3. The van der Waals surface area contributed by atoms with E-state index in [1.54, 1.807) is 0 Å². The highest BCUT2D eigenvalue weighted by Gasteiger charge is 2.10. The number of aliphatic hydroxyl groups is 3. The Hall–Kier alpha value is -0.120. The maximum Gasteiger partial charge on any atom is 0.0795 e. The third-order valence-electron chi connectivity index (χ3n) is 4.40. The molecule has 0 saturated heterocycles. The van der Waals surface area contributed by atoms with Gasteiger partial charge in [0.25, 0.3) is 0 Å². The summed E-state index contributed by atoms with van der Waals surface area (Å²) >= 11 is 0. The summed E-state index contributed by atoms with van der Waals surface area (Å²) in [6, 6.07) is 0. The topological polar surface area (TPSA) is 60.7 Å². The van der Waals surface area contributed by atoms with Gasteiger partial charge in [-0.1, -0.05) is 90.4 Å². The molecule has 0 aliphatic heterocycles. The quantitative estimate of drug-likeness (QED) is 0.344. The zero-order valence-corrected chi connectivity index (χ0v) is 14.8. The first kappa shape index (κ1) is 21.9. The van der Waals surface area contributed by atoms with Crippen LogP contribution >= 0.6 is 0 Å². The minimum absolute atomic E-state index is 0.254. The van der Waals surface area contributed by atoms with E-state index in [4.69, 9.17) is 5.11 Å². The maximum atomic E-state index is 9.66. The molecule has 0 aliphatic rings. The first-order valence-corrected chi connectivity index (χ1v) is 9.67. The lowest BCUT2D eigenvalue weighted by Gasteiger charge is -2.13. The Labute approximate surface area is 138 Å². The predicted octanol–water partition coefficient (Wildman–Crippen LogP) is 4.57. The molecule has 0 aromatic carbocycles. The van der Waals surface area contributed by atoms with Gasteiger partial charge in [0.2, 0.25) is 0 Å². The molecular weight excluding hydrogens is 276 g/mol. The van der Waals surface area contributed by atoms with Crippen LogP contribution in [-0.2, 0) is 0 Å². The van der Waals surface area contributed by atoms with E-state index in [1.165, 1.54) is 77.0 Å². The summed E-state index contributed by atoms with van der Waals surface area (Å²) < 4.78 is 0. The van der Waals surface area contributed by atoms with Crippen molar-refractivity contribution in [3.05, 3.63) is 0 Å². The Bertz CT molecular complexity index is 209. The average Bonchev–Trinajstić information content (AvgIpc) is 2.51. The molecule has 3 heteroatoms. The second kappa shape index (κ2) is 17.2. The predicted molar refractivity (Wildman–Crippen MR) is 94.0 cm³/mol. The van der Waals surface area contributed by atoms with Crippen LogP contribution < -0.4 is 0 Å². The minimum atomic E-state index is -0.767. The summed E-state index contributed by atoms with van der Waals surface area (Å²) in [5.74, 6) is 0. The molecule has 0 amide bonds. The zero-order valence-electron chi connectivity index (χ0n) is 14.8. The van der Waals surface area contributed by atoms with Crippen LogP contribution in [0.4, 0.5) is 0 Å². The Morgan fingerprint density at radius 2 is 1.00 bits per heavy atom. The number of hydrogen-bond donors (Lipinski definition) is 3. The number of unbranched alkanes of at least 4 members (excludes halogenated alkanes) is 12. The maximum absolute atomic E-state index is 9.66. The normalized spacial score (nSPS) is 14.2. The van der Waals surface area contributed by atoms with Crippen molar-refractivity contribution < 1.29 is 15.3 Å². The number of hydrogen-bond acceptors (Lipinski definition) is 3. The van der Waals surface area contributed by atoms with Gasteiger partial charge in [0.05, 0.1) is 18.8 Å². The van der Waals surface area contributed by atoms with Crippen LogP contribution in [0.5, 0.6) is 0 Å². The highest BCUT2D eigenvalue weighted by molar-refractivity contribution is 4.62. The summed E-state index contributed by atoms with van der Waals surface area (Å²) in [4.78, 5) is 0. The van der Waals surface area contributed by atoms with Crippen molar-refractivity contribution in [3.8, 4) is 0 Å². The van der Waals surface area contributed by atoms with Crippen LogP contribution in [0.25, 0.3) is 0 Å². The molecule has 0 unspecified atom stereocenters. The minimum Gasteiger partial charge on any atom is -0.394 e. The molecule has 0 aromatic heterocycles. The smallest absolute Gasteiger partial charge is 0.0795 e. The fraction of sp³-hybridized carbons (Fsp3) is 1.00. The fourth-order valence-corrected chi connectivity index (χ4v) is 2.90. The van der Waals surface area contributed by atoms with Crippen molar-refractivity contribution in [1.82, 2.24) is 0 Å². The summed E-state index contributed by atoms with van der Waals surface area (Å²) in [6.45, 7) is 2.01. The zero-order chi connectivity index (χ0) is 16.5. The Morgan fingerprint density at radius 3 is 1.41 bits per heavy atom. The standard InChI is InChI=1S/C19H40O3/c1-2-3-4-5-6-7-8-9-10-11-12-13-14-15-18(21)16-19(22)17-20/h18-22H,2-17H2,1H3/t18-,19-/m1/s1. The van der Waals surface area contributed by atoms with Gasteiger partial charge in [-0.2, -0.15) is 0 Å². The first-order chi connectivity index (χ1) is 10.7. The lowest BCUT2D eigenvalue weighted by atomic mass is 10.0. The highest BCUT2D eigenvalue weighted by atomic mass is 16.3. The van der Waals surface area contributed by atoms with Gasteiger partial charge in [-0.25, -0.2) is 0 Å². The van der Waals surface area contributed by atoms with Crippen molar-refractivity contribution in [2.24, 2.45) is 0 Å². The van der Waals surface area contributed by atoms with Crippen LogP contribution in [0.3, 0.4) is 0 Å². The summed E-state index contributed by atoms with van der Waals surface area (Å²) in [5, 5.41) is 27.6. The molecule has 0 heterocycles. The third-order valence-corrected chi connectivity index (χ3v) is 4.40. The fourth-order valence-electron chi connectivity index (χ4n) is 2.90. The van der Waals surface area contributed by atoms with Crippen molar-refractivity contribution in [3.63, 3.8) is 0 Å². The van der Waals surface area contributed by atoms with E-state index in [1.807, 2.05) is 0 Å². The number of rotatable bonds is 17. The second-order valence-electron chi connectivity index (χ2n) is 6.76. The van der Waals surface area contributed by atoms with E-state index >= 15 is 0 Å². The first-order valence-electron chi connectivity index (χ1n) is 9.67. The lowest BCUT2D eigenvalue weighted by molar-refractivity contribution is 0.0380. The van der Waals surface area contributed by atoms with E-state index in [0.29, 0.717) is 6.42 Å². The molecule has 0 aliphatic carbocycles. The van der Waals surface area contributed by atoms with Crippen LogP contribution in [-0.4, -0.2) is 34.1 Å². The third kappa shape index (κ3) is 16.3. The molecule has 22 heavy (non-hydrogen) atoms. The van der Waals surface area contributed by atoms with Gasteiger partial charge in [0, 0.05) is 6.42 Å². The molecule has 0 rings (SSSR count). The Kier molecular flexibility index (Phi) is 17.1. The van der Waals surface area contributed by atoms with Gasteiger partial charge in [0.1, 0.15) is 0 Å². The molecule has 0 bridgehead atoms. The molecule has 3 nitrogen and oxygen atoms in total. The highest BCUT2D eigenvalue weighted by Crippen LogP contribution is 2.14. The summed E-state index contributed by atoms with van der Waals surface area (Å²) in [5.41, 5.74) is 0. The Morgan fingerprint density at radius 1 is 0.591 bits per heavy atom. The second-order valence-corrected chi connectivity index (χ2v) is 6.76. The summed E-state index contributed by atoms with van der Waals surface area (Å²) in [7, 11) is 0. The van der Waals surface area contributed by atoms with Crippen LogP contribution in [0.1, 0.15) is 103 Å². The lowest BCUT2D eigenvalue weighted by Crippen LogP contribution is -2.20. The van der Waals surface area contributed by atoms with Crippen LogP contribution in [0.2, 0.25) is 0 Å². The monoisotopic (exact) mass is 316 g/mol. The van der Waals surface area contributed by atoms with Gasteiger partial charge in [-0.15, -0.1) is 0 Å². The number of aliphatic hydroxyl groups excluding tert-OH is 3. The van der Waals surface area contributed by atoms with Gasteiger partial charge < -0.3 is 15.3 Å². The molecule has 0 spiro atoms. The van der Waals surface area contributed by atoms with E-state index in [2.05, 4.69) is 6.92 Å². The molecule has 2 atom stereocenters. The van der Waals surface area contributed by atoms with Crippen molar-refractivity contribution in [2.75, 3.05) is 6.61 Å². The molecule has 3 N–H and O–H groups in total. The molecule has 134 valence electrons. The van der Waals surface area contributed by atoms with Crippen molar-refractivity contribution >= 4 is 0 Å². The average molecular weight is 317 g/mol. The van der Waals surface area contributed by atoms with E-state index in [0.717, 1.165) is 12.8 Å². The molecule has 0 aromatic rings. The molecule has 0 saturated carbocycles. The van der Waals surface area contributed by atoms with Crippen LogP contribution in [0, 0.1) is 0 Å². The van der Waals surface area contributed by atoms with Gasteiger partial charge in [-0.3, -0.25) is 0 Å². The van der Waals surface area contributed by atoms with Gasteiger partial charge >= 0.3 is 0 Å². The van der Waals surface area contributed by atoms with Crippen LogP contribution in [0.15, 0.2) is 0 Å². The largest absolute Gasteiger partial charge is 0.394 e. The van der Waals surface area contributed by atoms with Gasteiger partial charge in [0.15, 0.2) is 0 Å². The van der Waals surface area contributed by atoms with E-state index in [-0.39, 0.29) is 6.61 Å². The van der Waals surface area contributed by atoms with Gasteiger partial charge in [-0.05, 0) is 6.42 Å². The Balaban J connectivity index is 3.11. The summed E-state index contributed by atoms with van der Waals surface area (Å²) in [6.07, 6.45) is 17.1. The van der Waals surface area contributed by atoms with Crippen molar-refractivity contribution in [2.45, 2.75) is 115 Å². The molecule has 0 fully saturated rings. The molecule has 0 radical (unpaired) electrons. The van der Waals surface area contributed by atoms with E-state index in [9.17, 15) is 10.2 Å².